The molecule has 0 saturated carbocycles. The molecule has 0 heterocycles. The summed E-state index contributed by atoms with van der Waals surface area (Å²) in [7, 11) is -4.07. The first-order valence-electron chi connectivity index (χ1n) is 19.6. The number of allylic oxidation sites excluding steroid dienone is 2. The van der Waals surface area contributed by atoms with Gasteiger partial charge >= 0.3 is 18.6 Å². The van der Waals surface area contributed by atoms with Crippen molar-refractivity contribution in [2.45, 2.75) is 89.1 Å². The highest BCUT2D eigenvalue weighted by Gasteiger charge is 2.21. The highest BCUT2D eigenvalue weighted by Crippen LogP contribution is 2.33. The molecule has 0 spiro atoms. The van der Waals surface area contributed by atoms with E-state index in [1.165, 1.54) is 44.5 Å². The van der Waals surface area contributed by atoms with Crippen LogP contribution in [0.5, 0.6) is 11.5 Å². The molecule has 2 unspecified atom stereocenters. The fourth-order valence-corrected chi connectivity index (χ4v) is 11.8. The van der Waals surface area contributed by atoms with E-state index in [2.05, 4.69) is 109 Å². The van der Waals surface area contributed by atoms with Crippen molar-refractivity contribution in [1.29, 1.82) is 0 Å². The van der Waals surface area contributed by atoms with Crippen LogP contribution in [0.15, 0.2) is 97.1 Å². The van der Waals surface area contributed by atoms with Crippen molar-refractivity contribution in [3.05, 3.63) is 130 Å². The molecule has 4 N–H and O–H groups in total. The quantitative estimate of drug-likeness (QED) is 0.0528. The SMILES string of the molecule is NO[SiH](CCCCCOc1ccc2c(c1)C=C(c1ccccc1)CCC2)O[SiH](CCCCCOc1ccc2c(c1)C=C(c1ccccc1)CCC2)ON. The molecule has 6 rings (SSSR count). The van der Waals surface area contributed by atoms with E-state index in [1.807, 2.05) is 0 Å². The van der Waals surface area contributed by atoms with Crippen LogP contribution in [0.3, 0.4) is 0 Å². The molecule has 0 amide bonds. The van der Waals surface area contributed by atoms with E-state index in [1.54, 1.807) is 0 Å². The summed E-state index contributed by atoms with van der Waals surface area (Å²) in [4.78, 5) is 0. The second-order valence-corrected chi connectivity index (χ2v) is 18.7. The maximum Gasteiger partial charge on any atom is 0.333 e. The van der Waals surface area contributed by atoms with Crippen molar-refractivity contribution < 1.29 is 22.6 Å². The Morgan fingerprint density at radius 3 is 1.38 bits per heavy atom. The molecular weight excluding hydrogens is 693 g/mol. The number of nitrogens with two attached hydrogens (primary N) is 2. The minimum Gasteiger partial charge on any atom is -0.494 e. The third-order valence-corrected chi connectivity index (χ3v) is 15.1. The molecule has 280 valence electrons. The average Bonchev–Trinajstić information content (AvgIpc) is 3.56. The van der Waals surface area contributed by atoms with Gasteiger partial charge in [0.1, 0.15) is 11.5 Å². The molecule has 4 aromatic carbocycles. The van der Waals surface area contributed by atoms with E-state index in [0.29, 0.717) is 13.2 Å². The largest absolute Gasteiger partial charge is 0.494 e. The second kappa shape index (κ2) is 21.2. The minimum absolute atomic E-state index is 0.677. The zero-order chi connectivity index (χ0) is 36.5. The molecule has 4 aromatic rings. The van der Waals surface area contributed by atoms with Crippen LogP contribution in [-0.4, -0.2) is 31.8 Å². The molecule has 2 aliphatic carbocycles. The summed E-state index contributed by atoms with van der Waals surface area (Å²) in [5.74, 6) is 13.2. The van der Waals surface area contributed by atoms with Crippen LogP contribution in [0, 0.1) is 0 Å². The Hall–Kier alpha value is -3.81. The predicted octanol–water partition coefficient (Wildman–Crippen LogP) is 9.48. The van der Waals surface area contributed by atoms with Crippen molar-refractivity contribution in [2.24, 2.45) is 11.8 Å². The lowest BCUT2D eigenvalue weighted by Crippen LogP contribution is -2.37. The smallest absolute Gasteiger partial charge is 0.333 e. The molecule has 7 nitrogen and oxygen atoms in total. The summed E-state index contributed by atoms with van der Waals surface area (Å²) in [6, 6.07) is 36.1. The van der Waals surface area contributed by atoms with E-state index in [4.69, 9.17) is 34.4 Å². The van der Waals surface area contributed by atoms with Crippen molar-refractivity contribution >= 4 is 41.9 Å². The number of hydrogen-bond acceptors (Lipinski definition) is 7. The van der Waals surface area contributed by atoms with Gasteiger partial charge in [0, 0.05) is 0 Å². The fraction of sp³-hybridized carbons (Fsp3) is 0.364. The molecule has 0 bridgehead atoms. The van der Waals surface area contributed by atoms with Gasteiger partial charge in [0.15, 0.2) is 0 Å². The molecule has 0 aliphatic heterocycles. The summed E-state index contributed by atoms with van der Waals surface area (Å²) >= 11 is 0. The van der Waals surface area contributed by atoms with Crippen LogP contribution >= 0.6 is 0 Å². The first-order valence-corrected chi connectivity index (χ1v) is 23.1. The van der Waals surface area contributed by atoms with Gasteiger partial charge in [-0.1, -0.05) is 111 Å². The van der Waals surface area contributed by atoms with Crippen LogP contribution in [0.25, 0.3) is 23.3 Å². The maximum absolute atomic E-state index is 6.22. The Morgan fingerprint density at radius 2 is 0.943 bits per heavy atom. The number of rotatable bonds is 20. The van der Waals surface area contributed by atoms with E-state index in [-0.39, 0.29) is 0 Å². The summed E-state index contributed by atoms with van der Waals surface area (Å²) in [6.07, 6.45) is 17.3. The molecule has 9 heteroatoms. The van der Waals surface area contributed by atoms with Gasteiger partial charge in [0.2, 0.25) is 0 Å². The second-order valence-electron chi connectivity index (χ2n) is 14.2. The zero-order valence-electron chi connectivity index (χ0n) is 31.1. The average molecular weight is 749 g/mol. The van der Waals surface area contributed by atoms with E-state index >= 15 is 0 Å². The molecule has 2 atom stereocenters. The summed E-state index contributed by atoms with van der Waals surface area (Å²) in [6.45, 7) is 1.35. The van der Waals surface area contributed by atoms with Gasteiger partial charge in [-0.05, 0) is 132 Å². The third kappa shape index (κ3) is 12.1. The fourth-order valence-electron chi connectivity index (χ4n) is 7.33. The molecule has 53 heavy (non-hydrogen) atoms. The van der Waals surface area contributed by atoms with Crippen molar-refractivity contribution in [3.8, 4) is 11.5 Å². The summed E-state index contributed by atoms with van der Waals surface area (Å²) < 4.78 is 29.1. The standard InChI is InChI=1S/C44H56N2O5Si2/c45-49-52(29-11-3-9-27-47-43-25-23-37-19-13-21-39(31-41(37)33-43)35-15-5-1-6-16-35)51-53(50-46)30-12-4-10-28-48-44-26-24-38-20-14-22-40(32-42(38)34-44)36-17-7-2-8-18-36/h1-2,5-8,15-18,23-26,31-34,52-53H,3-4,9-14,19-22,27-30,45-46H2. The van der Waals surface area contributed by atoms with E-state index < -0.39 is 18.6 Å². The summed E-state index contributed by atoms with van der Waals surface area (Å²) in [5.41, 5.74) is 10.7. The maximum atomic E-state index is 6.22. The van der Waals surface area contributed by atoms with Gasteiger partial charge in [-0.3, -0.25) is 0 Å². The first-order chi connectivity index (χ1) is 26.2. The number of unbranched alkanes of at least 4 members (excludes halogenated alkanes) is 4. The lowest BCUT2D eigenvalue weighted by atomic mass is 10.0. The topological polar surface area (TPSA) is 98.2 Å². The Morgan fingerprint density at radius 1 is 0.491 bits per heavy atom. The van der Waals surface area contributed by atoms with Crippen LogP contribution in [0.1, 0.15) is 97.6 Å². The van der Waals surface area contributed by atoms with Crippen LogP contribution in [-0.2, 0) is 26.0 Å². The Balaban J connectivity index is 0.851. The van der Waals surface area contributed by atoms with E-state index in [9.17, 15) is 0 Å². The van der Waals surface area contributed by atoms with Crippen LogP contribution in [0.4, 0.5) is 0 Å². The molecule has 0 radical (unpaired) electrons. The molecular formula is C44H56N2O5Si2. The Labute approximate surface area is 319 Å². The van der Waals surface area contributed by atoms with Crippen molar-refractivity contribution in [1.82, 2.24) is 0 Å². The lowest BCUT2D eigenvalue weighted by Gasteiger charge is -2.19. The Kier molecular flexibility index (Phi) is 15.5. The van der Waals surface area contributed by atoms with Crippen molar-refractivity contribution in [2.75, 3.05) is 13.2 Å². The number of fused-ring (bicyclic) bond motifs is 2. The Bertz CT molecular complexity index is 1640. The normalized spacial score (nSPS) is 15.2. The predicted molar refractivity (Wildman–Crippen MR) is 222 cm³/mol. The van der Waals surface area contributed by atoms with Gasteiger partial charge in [-0.15, -0.1) is 0 Å². The van der Waals surface area contributed by atoms with Crippen LogP contribution in [0.2, 0.25) is 12.1 Å². The lowest BCUT2D eigenvalue weighted by molar-refractivity contribution is 0.222. The minimum atomic E-state index is -2.04. The van der Waals surface area contributed by atoms with Gasteiger partial charge < -0.3 is 22.6 Å². The zero-order valence-corrected chi connectivity index (χ0v) is 33.4. The third-order valence-electron chi connectivity index (χ3n) is 10.3. The highest BCUT2D eigenvalue weighted by atomic mass is 28.4. The summed E-state index contributed by atoms with van der Waals surface area (Å²) in [5, 5.41) is 0. The van der Waals surface area contributed by atoms with Gasteiger partial charge in [-0.2, -0.15) is 0 Å². The van der Waals surface area contributed by atoms with Gasteiger partial charge in [0.05, 0.1) is 13.2 Å². The molecule has 0 fully saturated rings. The van der Waals surface area contributed by atoms with Gasteiger partial charge in [-0.25, -0.2) is 11.8 Å². The number of benzene rings is 4. The van der Waals surface area contributed by atoms with Gasteiger partial charge in [0.25, 0.3) is 0 Å². The van der Waals surface area contributed by atoms with E-state index in [0.717, 1.165) is 101 Å². The number of ether oxygens (including phenoxy) is 2. The van der Waals surface area contributed by atoms with Crippen molar-refractivity contribution in [3.63, 3.8) is 0 Å². The molecule has 2 aliphatic rings. The molecule has 0 aromatic heterocycles. The molecule has 0 saturated heterocycles. The monoisotopic (exact) mass is 748 g/mol. The number of aryl methyl sites for hydroxylation is 2. The highest BCUT2D eigenvalue weighted by molar-refractivity contribution is 6.59. The van der Waals surface area contributed by atoms with Crippen LogP contribution < -0.4 is 21.3 Å². The first kappa shape index (κ1) is 38.9. The number of hydrogen-bond donors (Lipinski definition) is 2.